The van der Waals surface area contributed by atoms with Gasteiger partial charge in [-0.15, -0.1) is 0 Å². The number of rotatable bonds is 5. The number of carbonyl (C=O) groups excluding carboxylic acids is 1. The number of aromatic nitrogens is 2. The quantitative estimate of drug-likeness (QED) is 0.673. The number of non-ortho nitro benzene ring substituents is 1. The topological polar surface area (TPSA) is 90.1 Å². The second-order valence-corrected chi connectivity index (χ2v) is 4.38. The zero-order valence-electron chi connectivity index (χ0n) is 10.3. The normalized spacial score (nSPS) is 10.2. The molecule has 1 heterocycles. The maximum absolute atomic E-state index is 11.9. The van der Waals surface area contributed by atoms with Crippen LogP contribution in [0.4, 0.5) is 5.69 Å². The highest BCUT2D eigenvalue weighted by atomic mass is 35.5. The van der Waals surface area contributed by atoms with E-state index in [0.717, 1.165) is 6.07 Å². The Morgan fingerprint density at radius 3 is 2.95 bits per heavy atom. The lowest BCUT2D eigenvalue weighted by Crippen LogP contribution is -2.27. The second kappa shape index (κ2) is 6.16. The molecule has 0 saturated heterocycles. The molecule has 0 spiro atoms. The van der Waals surface area contributed by atoms with Gasteiger partial charge in [-0.2, -0.15) is 0 Å². The van der Waals surface area contributed by atoms with Crippen LogP contribution in [0.5, 0.6) is 0 Å². The van der Waals surface area contributed by atoms with Gasteiger partial charge in [0, 0.05) is 37.6 Å². The minimum atomic E-state index is -0.571. The molecular weight excluding hydrogens is 284 g/mol. The Kier molecular flexibility index (Phi) is 4.31. The van der Waals surface area contributed by atoms with E-state index in [2.05, 4.69) is 10.3 Å². The number of hydrogen-bond acceptors (Lipinski definition) is 4. The molecule has 1 N–H and O–H groups in total. The molecule has 1 amide bonds. The van der Waals surface area contributed by atoms with Gasteiger partial charge in [0.1, 0.15) is 0 Å². The molecular formula is C12H11ClN4O3. The predicted octanol–water partition coefficient (Wildman–Crippen LogP) is 1.87. The fraction of sp³-hybridized carbons (Fsp3) is 0.167. The molecule has 0 aliphatic carbocycles. The molecule has 2 aromatic rings. The van der Waals surface area contributed by atoms with Crippen LogP contribution < -0.4 is 5.32 Å². The summed E-state index contributed by atoms with van der Waals surface area (Å²) in [5, 5.41) is 13.5. The maximum Gasteiger partial charge on any atom is 0.270 e. The van der Waals surface area contributed by atoms with Crippen LogP contribution in [0.3, 0.4) is 0 Å². The molecule has 0 saturated carbocycles. The van der Waals surface area contributed by atoms with E-state index in [1.807, 2.05) is 0 Å². The number of benzene rings is 1. The van der Waals surface area contributed by atoms with E-state index in [1.165, 1.54) is 12.1 Å². The fourth-order valence-electron chi connectivity index (χ4n) is 1.61. The second-order valence-electron chi connectivity index (χ2n) is 3.98. The molecule has 1 aromatic heterocycles. The van der Waals surface area contributed by atoms with Gasteiger partial charge in [-0.25, -0.2) is 4.98 Å². The molecule has 0 unspecified atom stereocenters. The summed E-state index contributed by atoms with van der Waals surface area (Å²) in [6.07, 6.45) is 5.04. The third-order valence-corrected chi connectivity index (χ3v) is 2.95. The molecule has 0 atom stereocenters. The number of nitrogens with one attached hydrogen (secondary N) is 1. The highest BCUT2D eigenvalue weighted by Gasteiger charge is 2.15. The summed E-state index contributed by atoms with van der Waals surface area (Å²) in [5.41, 5.74) is -0.0827. The molecule has 0 fully saturated rings. The minimum absolute atomic E-state index is 0.0893. The average molecular weight is 295 g/mol. The summed E-state index contributed by atoms with van der Waals surface area (Å²) < 4.78 is 1.80. The summed E-state index contributed by atoms with van der Waals surface area (Å²) in [6.45, 7) is 0.923. The lowest BCUT2D eigenvalue weighted by atomic mass is 10.2. The summed E-state index contributed by atoms with van der Waals surface area (Å²) in [5.74, 6) is -0.446. The predicted molar refractivity (Wildman–Crippen MR) is 72.7 cm³/mol. The van der Waals surface area contributed by atoms with Crippen LogP contribution in [0.25, 0.3) is 0 Å². The van der Waals surface area contributed by atoms with Crippen molar-refractivity contribution in [3.63, 3.8) is 0 Å². The first-order valence-electron chi connectivity index (χ1n) is 5.76. The standard InChI is InChI=1S/C12H11ClN4O3/c13-11-2-1-9(17(19)20)7-10(11)12(18)15-4-6-16-5-3-14-8-16/h1-3,5,7-8H,4,6H2,(H,15,18). The largest absolute Gasteiger partial charge is 0.350 e. The Morgan fingerprint density at radius 2 is 2.30 bits per heavy atom. The van der Waals surface area contributed by atoms with Crippen LogP contribution in [0, 0.1) is 10.1 Å². The Labute approximate surface area is 119 Å². The summed E-state index contributed by atoms with van der Waals surface area (Å²) in [7, 11) is 0. The number of carbonyl (C=O) groups is 1. The van der Waals surface area contributed by atoms with Crippen molar-refractivity contribution in [1.29, 1.82) is 0 Å². The molecule has 0 aliphatic rings. The zero-order chi connectivity index (χ0) is 14.5. The molecule has 1 aromatic carbocycles. The molecule has 104 valence electrons. The van der Waals surface area contributed by atoms with Gasteiger partial charge < -0.3 is 9.88 Å². The van der Waals surface area contributed by atoms with Crippen molar-refractivity contribution in [1.82, 2.24) is 14.9 Å². The van der Waals surface area contributed by atoms with Gasteiger partial charge in [-0.3, -0.25) is 14.9 Å². The van der Waals surface area contributed by atoms with Gasteiger partial charge in [0.15, 0.2) is 0 Å². The van der Waals surface area contributed by atoms with E-state index in [1.54, 1.807) is 23.3 Å². The third kappa shape index (κ3) is 3.33. The Bertz CT molecular complexity index is 628. The van der Waals surface area contributed by atoms with Crippen molar-refractivity contribution in [2.75, 3.05) is 6.54 Å². The van der Waals surface area contributed by atoms with E-state index in [-0.39, 0.29) is 16.3 Å². The van der Waals surface area contributed by atoms with Gasteiger partial charge in [0.05, 0.1) is 21.8 Å². The van der Waals surface area contributed by atoms with Crippen molar-refractivity contribution < 1.29 is 9.72 Å². The van der Waals surface area contributed by atoms with Gasteiger partial charge in [-0.1, -0.05) is 11.6 Å². The first kappa shape index (κ1) is 14.0. The van der Waals surface area contributed by atoms with Gasteiger partial charge in [0.2, 0.25) is 0 Å². The maximum atomic E-state index is 11.9. The van der Waals surface area contributed by atoms with Crippen molar-refractivity contribution in [2.24, 2.45) is 0 Å². The smallest absolute Gasteiger partial charge is 0.270 e. The highest BCUT2D eigenvalue weighted by Crippen LogP contribution is 2.21. The van der Waals surface area contributed by atoms with E-state index >= 15 is 0 Å². The van der Waals surface area contributed by atoms with E-state index < -0.39 is 10.8 Å². The number of nitrogens with zero attached hydrogens (tertiary/aromatic N) is 3. The van der Waals surface area contributed by atoms with E-state index in [0.29, 0.717) is 13.1 Å². The molecule has 8 heteroatoms. The highest BCUT2D eigenvalue weighted by molar-refractivity contribution is 6.33. The Hall–Kier alpha value is -2.41. The molecule has 7 nitrogen and oxygen atoms in total. The minimum Gasteiger partial charge on any atom is -0.350 e. The summed E-state index contributed by atoms with van der Waals surface area (Å²) >= 11 is 5.88. The van der Waals surface area contributed by atoms with Gasteiger partial charge in [0.25, 0.3) is 11.6 Å². The molecule has 0 bridgehead atoms. The van der Waals surface area contributed by atoms with Crippen LogP contribution >= 0.6 is 11.6 Å². The number of halogens is 1. The first-order valence-corrected chi connectivity index (χ1v) is 6.13. The van der Waals surface area contributed by atoms with Crippen LogP contribution in [-0.4, -0.2) is 26.9 Å². The molecule has 0 aliphatic heterocycles. The zero-order valence-corrected chi connectivity index (χ0v) is 11.1. The van der Waals surface area contributed by atoms with Crippen LogP contribution in [0.1, 0.15) is 10.4 Å². The van der Waals surface area contributed by atoms with Crippen molar-refractivity contribution in [2.45, 2.75) is 6.54 Å². The van der Waals surface area contributed by atoms with Gasteiger partial charge >= 0.3 is 0 Å². The SMILES string of the molecule is O=C(NCCn1ccnc1)c1cc([N+](=O)[O-])ccc1Cl. The lowest BCUT2D eigenvalue weighted by Gasteiger charge is -2.07. The fourth-order valence-corrected chi connectivity index (χ4v) is 1.82. The summed E-state index contributed by atoms with van der Waals surface area (Å²) in [4.78, 5) is 25.9. The van der Waals surface area contributed by atoms with Crippen molar-refractivity contribution in [3.05, 3.63) is 57.6 Å². The molecule has 2 rings (SSSR count). The summed E-state index contributed by atoms with van der Waals surface area (Å²) in [6, 6.07) is 3.75. The average Bonchev–Trinajstić information content (AvgIpc) is 2.92. The number of imidazole rings is 1. The lowest BCUT2D eigenvalue weighted by molar-refractivity contribution is -0.384. The number of amides is 1. The van der Waals surface area contributed by atoms with Crippen molar-refractivity contribution in [3.8, 4) is 0 Å². The van der Waals surface area contributed by atoms with Crippen molar-refractivity contribution >= 4 is 23.2 Å². The Balaban J connectivity index is 2.01. The first-order chi connectivity index (χ1) is 9.58. The van der Waals surface area contributed by atoms with Crippen LogP contribution in [0.2, 0.25) is 5.02 Å². The number of nitro groups is 1. The van der Waals surface area contributed by atoms with E-state index in [4.69, 9.17) is 11.6 Å². The number of hydrogen-bond donors (Lipinski definition) is 1. The van der Waals surface area contributed by atoms with Gasteiger partial charge in [-0.05, 0) is 6.07 Å². The number of nitro benzene ring substituents is 1. The molecule has 0 radical (unpaired) electrons. The molecule has 20 heavy (non-hydrogen) atoms. The third-order valence-electron chi connectivity index (χ3n) is 2.62. The van der Waals surface area contributed by atoms with Crippen LogP contribution in [-0.2, 0) is 6.54 Å². The van der Waals surface area contributed by atoms with Crippen LogP contribution in [0.15, 0.2) is 36.9 Å². The van der Waals surface area contributed by atoms with E-state index in [9.17, 15) is 14.9 Å². The Morgan fingerprint density at radius 1 is 1.50 bits per heavy atom. The monoisotopic (exact) mass is 294 g/mol.